The van der Waals surface area contributed by atoms with Crippen LogP contribution in [0.15, 0.2) is 43.5 Å². The molecule has 0 fully saturated rings. The monoisotopic (exact) mass is 1010 g/mol. The van der Waals surface area contributed by atoms with Crippen molar-refractivity contribution in [2.24, 2.45) is 4.99 Å². The number of hydrogen-bond donors (Lipinski definition) is 6. The van der Waals surface area contributed by atoms with Gasteiger partial charge in [0.15, 0.2) is 68.4 Å². The van der Waals surface area contributed by atoms with Crippen LogP contribution in [0, 0.1) is 0 Å². The predicted octanol–water partition coefficient (Wildman–Crippen LogP) is 3.86. The Morgan fingerprint density at radius 2 is 1.55 bits per heavy atom. The number of nitrogens with one attached hydrogen (secondary N) is 2. The van der Waals surface area contributed by atoms with Gasteiger partial charge in [-0.1, -0.05) is 33.3 Å². The summed E-state index contributed by atoms with van der Waals surface area (Å²) in [5, 5.41) is 28.5. The Kier molecular flexibility index (Phi) is 17.3. The van der Waals surface area contributed by atoms with E-state index in [9.17, 15) is 29.5 Å². The van der Waals surface area contributed by atoms with Crippen molar-refractivity contribution in [1.82, 2.24) is 4.98 Å². The normalized spacial score (nSPS) is 13.9. The number of benzene rings is 3. The summed E-state index contributed by atoms with van der Waals surface area (Å²) in [7, 11) is -14.0. The Morgan fingerprint density at radius 1 is 0.867 bits per heavy atom. The van der Waals surface area contributed by atoms with Gasteiger partial charge < -0.3 is 19.8 Å². The zero-order valence-electron chi connectivity index (χ0n) is 29.2. The Labute approximate surface area is 358 Å². The summed E-state index contributed by atoms with van der Waals surface area (Å²) in [6.07, 6.45) is 0. The number of aromatic nitrogens is 1. The van der Waals surface area contributed by atoms with E-state index in [0.29, 0.717) is 0 Å². The molecular formula is C26H26Cl2N4O22S6. The molecule has 34 heteroatoms. The summed E-state index contributed by atoms with van der Waals surface area (Å²) < 4.78 is 147. The van der Waals surface area contributed by atoms with E-state index in [2.05, 4.69) is 47.7 Å². The van der Waals surface area contributed by atoms with Gasteiger partial charge in [0.25, 0.3) is 0 Å². The van der Waals surface area contributed by atoms with Gasteiger partial charge in [-0.2, -0.15) is 16.8 Å². The lowest BCUT2D eigenvalue weighted by Crippen LogP contribution is -2.23. The lowest BCUT2D eigenvalue weighted by atomic mass is 10.1. The number of ether oxygens (including phenoxy) is 1. The van der Waals surface area contributed by atoms with Crippen LogP contribution in [0.25, 0.3) is 22.6 Å². The van der Waals surface area contributed by atoms with Crippen molar-refractivity contribution in [2.75, 3.05) is 62.5 Å². The third-order valence-electron chi connectivity index (χ3n) is 7.09. The molecule has 0 saturated heterocycles. The quantitative estimate of drug-likeness (QED) is 0.0128. The van der Waals surface area contributed by atoms with Gasteiger partial charge in [0, 0.05) is 6.54 Å². The van der Waals surface area contributed by atoms with Gasteiger partial charge in [-0.25, -0.2) is 36.5 Å². The highest BCUT2D eigenvalue weighted by atomic mass is 35.5. The third-order valence-corrected chi connectivity index (χ3v) is 12.3. The lowest BCUT2D eigenvalue weighted by Gasteiger charge is -2.27. The van der Waals surface area contributed by atoms with Crippen LogP contribution in [0.3, 0.4) is 0 Å². The summed E-state index contributed by atoms with van der Waals surface area (Å²) >= 11 is 11.6. The van der Waals surface area contributed by atoms with Gasteiger partial charge in [-0.05, 0) is 24.3 Å². The van der Waals surface area contributed by atoms with Gasteiger partial charge in [-0.3, -0.25) is 26.6 Å². The minimum absolute atomic E-state index is 0.000120. The number of anilines is 3. The highest BCUT2D eigenvalue weighted by Crippen LogP contribution is 2.55. The third kappa shape index (κ3) is 12.7. The minimum Gasteiger partial charge on any atom is -0.450 e. The van der Waals surface area contributed by atoms with Gasteiger partial charge >= 0.3 is 20.8 Å². The fourth-order valence-electron chi connectivity index (χ4n) is 4.94. The second-order valence-corrected chi connectivity index (χ2v) is 17.9. The van der Waals surface area contributed by atoms with Crippen LogP contribution in [0.2, 0.25) is 10.0 Å². The van der Waals surface area contributed by atoms with Crippen LogP contribution in [-0.2, 0) is 81.4 Å². The van der Waals surface area contributed by atoms with E-state index in [1.807, 2.05) is 0 Å². The highest BCUT2D eigenvalue weighted by Gasteiger charge is 2.34. The molecule has 60 heavy (non-hydrogen) atoms. The Hall–Kier alpha value is -2.78. The van der Waals surface area contributed by atoms with Crippen LogP contribution in [0.4, 0.5) is 17.1 Å². The smallest absolute Gasteiger partial charge is 0.397 e. The first-order valence-electron chi connectivity index (χ1n) is 15.6. The van der Waals surface area contributed by atoms with Crippen molar-refractivity contribution < 1.29 is 97.9 Å². The van der Waals surface area contributed by atoms with Crippen LogP contribution in [0.5, 0.6) is 11.5 Å². The van der Waals surface area contributed by atoms with Crippen molar-refractivity contribution in [1.29, 1.82) is 0 Å². The zero-order chi connectivity index (χ0) is 43.7. The molecule has 0 spiro atoms. The Balaban J connectivity index is 1.58. The van der Waals surface area contributed by atoms with Crippen LogP contribution in [0.1, 0.15) is 0 Å². The maximum atomic E-state index is 13.8. The average Bonchev–Trinajstić information content (AvgIpc) is 3.19. The van der Waals surface area contributed by atoms with E-state index in [-0.39, 0.29) is 116 Å². The molecular weight excluding hydrogens is 984 g/mol. The minimum atomic E-state index is -4.86. The standard InChI is InChI=1S/C26H26Cl2N4O22S6/c27-17-20-24(50-22-14(32-20)2-4-16(30-5-7-44-55-53-51-33)26(22)58(36,37)12-11-45-56-54-52-34)18(28)19-23(17)49-21-13(31-19)1-3-15(29-6-8-47-59(38,39)40)25(21)57(35)46-9-10-48-60(41,42)43/h1-4,29,31,33-34H,5-12H2,(H,38,39,40)(H,41,42,43). The van der Waals surface area contributed by atoms with E-state index < -0.39 is 78.8 Å². The van der Waals surface area contributed by atoms with E-state index >= 15 is 0 Å². The van der Waals surface area contributed by atoms with E-state index in [0.717, 1.165) is 0 Å². The van der Waals surface area contributed by atoms with Gasteiger partial charge in [-0.15, -0.1) is 8.67 Å². The SMILES string of the molecule is O=S(OCCOS(=O)(=O)O)c1c(NCCOS(=O)(=O)O)ccc2c1Oc1c(c(Cl)c3oc4c(S(=O)(=O)CCOSOOO)c(=NCCOSOOO)ccc-4nc3c1Cl)N2. The molecule has 0 bridgehead atoms. The van der Waals surface area contributed by atoms with E-state index in [1.54, 1.807) is 0 Å². The van der Waals surface area contributed by atoms with Crippen molar-refractivity contribution >= 4 is 118 Å². The summed E-state index contributed by atoms with van der Waals surface area (Å²) in [6, 6.07) is 5.42. The van der Waals surface area contributed by atoms with E-state index in [4.69, 9.17) is 64.5 Å². The lowest BCUT2D eigenvalue weighted by molar-refractivity contribution is -0.434. The molecule has 1 unspecified atom stereocenters. The average molecular weight is 1010 g/mol. The molecule has 6 N–H and O–H groups in total. The second-order valence-electron chi connectivity index (χ2n) is 10.8. The number of hydrogen-bond acceptors (Lipinski definition) is 26. The predicted molar refractivity (Wildman–Crippen MR) is 205 cm³/mol. The fourth-order valence-corrected chi connectivity index (χ4v) is 8.91. The number of rotatable bonds is 24. The zero-order valence-corrected chi connectivity index (χ0v) is 35.6. The summed E-state index contributed by atoms with van der Waals surface area (Å²) in [6.45, 7) is -3.06. The maximum absolute atomic E-state index is 13.8. The largest absolute Gasteiger partial charge is 0.450 e. The molecule has 1 atom stereocenters. The summed E-state index contributed by atoms with van der Waals surface area (Å²) in [4.78, 5) is 8.08. The molecule has 1 aliphatic carbocycles. The van der Waals surface area contributed by atoms with Gasteiger partial charge in [0.2, 0.25) is 0 Å². The molecule has 26 nitrogen and oxygen atoms in total. The van der Waals surface area contributed by atoms with Crippen molar-refractivity contribution in [2.45, 2.75) is 9.79 Å². The van der Waals surface area contributed by atoms with Crippen molar-refractivity contribution in [3.05, 3.63) is 39.7 Å². The summed E-state index contributed by atoms with van der Waals surface area (Å²) in [5.74, 6) is -1.43. The molecule has 3 aliphatic rings. The van der Waals surface area contributed by atoms with Crippen molar-refractivity contribution in [3.8, 4) is 23.0 Å². The number of halogens is 2. The molecule has 2 aliphatic heterocycles. The second kappa shape index (κ2) is 21.5. The molecule has 332 valence electrons. The molecule has 0 aromatic heterocycles. The number of sulfone groups is 1. The maximum Gasteiger partial charge on any atom is 0.397 e. The number of nitrogens with zero attached hydrogens (tertiary/aromatic N) is 2. The molecule has 5 rings (SSSR count). The summed E-state index contributed by atoms with van der Waals surface area (Å²) in [5.41, 5.74) is -0.440. The van der Waals surface area contributed by atoms with Crippen LogP contribution >= 0.6 is 47.8 Å². The van der Waals surface area contributed by atoms with E-state index in [1.165, 1.54) is 24.3 Å². The van der Waals surface area contributed by atoms with Gasteiger partial charge in [0.05, 0.1) is 62.1 Å². The highest BCUT2D eigenvalue weighted by molar-refractivity contribution is 7.91. The molecule has 0 amide bonds. The molecule has 2 heterocycles. The molecule has 0 radical (unpaired) electrons. The molecule has 0 saturated carbocycles. The topological polar surface area (TPSA) is 355 Å². The first kappa shape index (κ1) is 48.3. The van der Waals surface area contributed by atoms with Crippen LogP contribution in [-0.4, -0.2) is 106 Å². The molecule has 2 aromatic rings. The first-order chi connectivity index (χ1) is 28.5. The van der Waals surface area contributed by atoms with Gasteiger partial charge in [0.1, 0.15) is 36.7 Å². The Morgan fingerprint density at radius 3 is 2.23 bits per heavy atom. The number of fused-ring (bicyclic) bond motifs is 4. The van der Waals surface area contributed by atoms with Crippen molar-refractivity contribution in [3.63, 3.8) is 0 Å². The van der Waals surface area contributed by atoms with Crippen LogP contribution < -0.4 is 20.7 Å². The Bertz CT molecular complexity index is 2590. The molecule has 2 aromatic carbocycles. The first-order valence-corrected chi connectivity index (χ1v) is 23.2. The fraction of sp³-hybridized carbons (Fsp3) is 0.308.